The first kappa shape index (κ1) is 22.2. The van der Waals surface area contributed by atoms with E-state index in [0.29, 0.717) is 9.92 Å². The third-order valence-electron chi connectivity index (χ3n) is 5.61. The lowest BCUT2D eigenvalue weighted by molar-refractivity contribution is 0.122. The molecule has 2 N–H and O–H groups in total. The Morgan fingerprint density at radius 1 is 1.06 bits per heavy atom. The van der Waals surface area contributed by atoms with Crippen molar-refractivity contribution in [1.82, 2.24) is 9.78 Å². The fourth-order valence-corrected chi connectivity index (χ4v) is 5.74. The number of aromatic nitrogens is 2. The average Bonchev–Trinajstić information content (AvgIpc) is 3.46. The van der Waals surface area contributed by atoms with Crippen LogP contribution in [0.15, 0.2) is 79.9 Å². The Kier molecular flexibility index (Phi) is 6.50. The van der Waals surface area contributed by atoms with Gasteiger partial charge in [0, 0.05) is 23.7 Å². The van der Waals surface area contributed by atoms with E-state index in [0.717, 1.165) is 54.9 Å². The number of anilines is 1. The molecule has 0 aliphatic carbocycles. The summed E-state index contributed by atoms with van der Waals surface area (Å²) in [5, 5.41) is 18.5. The van der Waals surface area contributed by atoms with E-state index in [9.17, 15) is 9.90 Å². The summed E-state index contributed by atoms with van der Waals surface area (Å²) in [5.74, 6) is -0.113. The quantitative estimate of drug-likeness (QED) is 0.380. The van der Waals surface area contributed by atoms with Crippen molar-refractivity contribution in [2.24, 2.45) is 0 Å². The van der Waals surface area contributed by atoms with Gasteiger partial charge >= 0.3 is 0 Å². The van der Waals surface area contributed by atoms with Gasteiger partial charge in [-0.05, 0) is 52.2 Å². The first-order valence-electron chi connectivity index (χ1n) is 10.5. The molecule has 0 saturated carbocycles. The average molecular weight is 500 g/mol. The second-order valence-corrected chi connectivity index (χ2v) is 9.89. The van der Waals surface area contributed by atoms with Crippen LogP contribution in [0.5, 0.6) is 5.88 Å². The molecule has 2 aromatic carbocycles. The number of hydrogen-bond donors (Lipinski definition) is 2. The fraction of sp³-hybridized carbons (Fsp3) is 0.208. The number of H-pyrrole nitrogens is 1. The second-order valence-electron chi connectivity index (χ2n) is 7.65. The van der Waals surface area contributed by atoms with Gasteiger partial charge in [-0.15, -0.1) is 0 Å². The lowest BCUT2D eigenvalue weighted by atomic mass is 10.0. The van der Waals surface area contributed by atoms with Crippen LogP contribution in [0, 0.1) is 0 Å². The van der Waals surface area contributed by atoms with E-state index >= 15 is 0 Å². The van der Waals surface area contributed by atoms with E-state index in [2.05, 4.69) is 22.1 Å². The Bertz CT molecular complexity index is 1280. The van der Waals surface area contributed by atoms with E-state index in [4.69, 9.17) is 16.3 Å². The number of ether oxygens (including phenoxy) is 1. The zero-order valence-electron chi connectivity index (χ0n) is 17.6. The summed E-state index contributed by atoms with van der Waals surface area (Å²) in [7, 11) is 0. The molecule has 1 fully saturated rings. The smallest absolute Gasteiger partial charge is 0.282 e. The molecule has 170 valence electrons. The lowest BCUT2D eigenvalue weighted by Crippen LogP contribution is -2.36. The SMILES string of the molecule is O=c1[nH]n(C(c2ccc(N3CCOCC3)cc2)c2ccsc2)c(O)c1Sc1ccccc1Cl. The van der Waals surface area contributed by atoms with Crippen molar-refractivity contribution in [3.8, 4) is 5.88 Å². The van der Waals surface area contributed by atoms with Crippen LogP contribution in [-0.2, 0) is 4.74 Å². The van der Waals surface area contributed by atoms with Gasteiger partial charge in [0.15, 0.2) is 0 Å². The fourth-order valence-electron chi connectivity index (χ4n) is 3.95. The Balaban J connectivity index is 1.52. The number of benzene rings is 2. The van der Waals surface area contributed by atoms with E-state index < -0.39 is 0 Å². The molecule has 1 aliphatic heterocycles. The summed E-state index contributed by atoms with van der Waals surface area (Å²) in [6.45, 7) is 3.18. The van der Waals surface area contributed by atoms with Crippen LogP contribution in [-0.4, -0.2) is 41.2 Å². The number of aromatic hydroxyl groups is 1. The molecule has 3 heterocycles. The predicted octanol–water partition coefficient (Wildman–Crippen LogP) is 5.22. The van der Waals surface area contributed by atoms with Crippen molar-refractivity contribution < 1.29 is 9.84 Å². The topological polar surface area (TPSA) is 70.5 Å². The first-order valence-corrected chi connectivity index (χ1v) is 12.7. The van der Waals surface area contributed by atoms with Gasteiger partial charge in [-0.1, -0.05) is 47.6 Å². The monoisotopic (exact) mass is 499 g/mol. The molecule has 0 amide bonds. The van der Waals surface area contributed by atoms with Crippen LogP contribution < -0.4 is 10.5 Å². The first-order chi connectivity index (χ1) is 16.1. The predicted molar refractivity (Wildman–Crippen MR) is 133 cm³/mol. The molecule has 6 nitrogen and oxygen atoms in total. The minimum absolute atomic E-state index is 0.113. The van der Waals surface area contributed by atoms with Crippen molar-refractivity contribution in [1.29, 1.82) is 0 Å². The zero-order valence-corrected chi connectivity index (χ0v) is 20.0. The highest BCUT2D eigenvalue weighted by molar-refractivity contribution is 7.99. The van der Waals surface area contributed by atoms with Crippen molar-refractivity contribution in [2.75, 3.05) is 31.2 Å². The van der Waals surface area contributed by atoms with E-state index in [1.807, 2.05) is 47.2 Å². The second kappa shape index (κ2) is 9.69. The molecule has 4 aromatic rings. The van der Waals surface area contributed by atoms with Gasteiger partial charge in [0.25, 0.3) is 5.56 Å². The highest BCUT2D eigenvalue weighted by atomic mass is 35.5. The van der Waals surface area contributed by atoms with E-state index in [-0.39, 0.29) is 22.4 Å². The number of thiophene rings is 1. The minimum atomic E-state index is -0.372. The summed E-state index contributed by atoms with van der Waals surface area (Å²) in [6, 6.07) is 17.1. The molecule has 5 rings (SSSR count). The third kappa shape index (κ3) is 4.56. The Morgan fingerprint density at radius 2 is 1.82 bits per heavy atom. The number of hydrogen-bond acceptors (Lipinski definition) is 6. The maximum Gasteiger partial charge on any atom is 0.282 e. The molecule has 2 aromatic heterocycles. The summed E-state index contributed by atoms with van der Waals surface area (Å²) in [5.41, 5.74) is 2.71. The van der Waals surface area contributed by atoms with Crippen molar-refractivity contribution in [3.63, 3.8) is 0 Å². The van der Waals surface area contributed by atoms with Crippen LogP contribution >= 0.6 is 34.7 Å². The normalized spacial score (nSPS) is 15.0. The van der Waals surface area contributed by atoms with Gasteiger partial charge in [0.05, 0.1) is 18.2 Å². The van der Waals surface area contributed by atoms with Gasteiger partial charge in [-0.2, -0.15) is 11.3 Å². The van der Waals surface area contributed by atoms with Gasteiger partial charge in [-0.25, -0.2) is 4.68 Å². The van der Waals surface area contributed by atoms with Crippen LogP contribution in [0.1, 0.15) is 17.2 Å². The van der Waals surface area contributed by atoms with Crippen LogP contribution in [0.25, 0.3) is 0 Å². The molecule has 33 heavy (non-hydrogen) atoms. The van der Waals surface area contributed by atoms with E-state index in [1.165, 1.54) is 4.68 Å². The number of halogens is 1. The number of aromatic amines is 1. The minimum Gasteiger partial charge on any atom is -0.493 e. The highest BCUT2D eigenvalue weighted by Crippen LogP contribution is 2.39. The molecular formula is C24H22ClN3O3S2. The Hall–Kier alpha value is -2.65. The highest BCUT2D eigenvalue weighted by Gasteiger charge is 2.25. The Labute approximate surface area is 204 Å². The molecule has 1 aliphatic rings. The van der Waals surface area contributed by atoms with Gasteiger partial charge in [0.2, 0.25) is 5.88 Å². The molecule has 0 bridgehead atoms. The number of nitrogens with one attached hydrogen (secondary N) is 1. The molecular weight excluding hydrogens is 478 g/mol. The summed E-state index contributed by atoms with van der Waals surface area (Å²) in [4.78, 5) is 16.0. The molecule has 9 heteroatoms. The van der Waals surface area contributed by atoms with E-state index in [1.54, 1.807) is 17.4 Å². The number of rotatable bonds is 6. The largest absolute Gasteiger partial charge is 0.493 e. The molecule has 1 unspecified atom stereocenters. The molecule has 0 radical (unpaired) electrons. The number of morpholine rings is 1. The number of nitrogens with zero attached hydrogens (tertiary/aromatic N) is 2. The van der Waals surface area contributed by atoms with Crippen LogP contribution in [0.3, 0.4) is 0 Å². The van der Waals surface area contributed by atoms with Crippen molar-refractivity contribution in [2.45, 2.75) is 15.8 Å². The van der Waals surface area contributed by atoms with Crippen molar-refractivity contribution >= 4 is 40.4 Å². The molecule has 1 saturated heterocycles. The lowest BCUT2D eigenvalue weighted by Gasteiger charge is -2.29. The maximum absolute atomic E-state index is 12.8. The maximum atomic E-state index is 12.8. The summed E-state index contributed by atoms with van der Waals surface area (Å²) >= 11 is 9.00. The standard InChI is InChI=1S/C24H22ClN3O3S2/c25-19-3-1-2-4-20(19)33-22-23(29)26-28(24(22)30)21(17-9-14-32-15-17)16-5-7-18(8-6-16)27-10-12-31-13-11-27/h1-9,14-15,21,30H,10-13H2,(H,26,29). The molecule has 0 spiro atoms. The third-order valence-corrected chi connectivity index (χ3v) is 7.90. The van der Waals surface area contributed by atoms with Crippen molar-refractivity contribution in [3.05, 3.63) is 91.9 Å². The van der Waals surface area contributed by atoms with Gasteiger partial charge < -0.3 is 14.7 Å². The Morgan fingerprint density at radius 3 is 2.52 bits per heavy atom. The summed E-state index contributed by atoms with van der Waals surface area (Å²) in [6.07, 6.45) is 0. The van der Waals surface area contributed by atoms with Gasteiger partial charge in [-0.3, -0.25) is 9.89 Å². The van der Waals surface area contributed by atoms with Gasteiger partial charge in [0.1, 0.15) is 10.9 Å². The molecule has 1 atom stereocenters. The van der Waals surface area contributed by atoms with Crippen LogP contribution in [0.2, 0.25) is 5.02 Å². The van der Waals surface area contributed by atoms with Crippen LogP contribution in [0.4, 0.5) is 5.69 Å². The zero-order chi connectivity index (χ0) is 22.8. The summed E-state index contributed by atoms with van der Waals surface area (Å²) < 4.78 is 6.99.